The Morgan fingerprint density at radius 2 is 2.06 bits per heavy atom. The summed E-state index contributed by atoms with van der Waals surface area (Å²) in [6.07, 6.45) is 0.673. The second kappa shape index (κ2) is 8.73. The van der Waals surface area contributed by atoms with Gasteiger partial charge in [0.05, 0.1) is 4.92 Å². The monoisotopic (exact) mass is 426 g/mol. The summed E-state index contributed by atoms with van der Waals surface area (Å²) in [6, 6.07) is 10.5. The van der Waals surface area contributed by atoms with Crippen LogP contribution < -0.4 is 16.2 Å². The zero-order valence-electron chi connectivity index (χ0n) is 17.7. The quantitative estimate of drug-likeness (QED) is 0.393. The van der Waals surface area contributed by atoms with E-state index in [1.165, 1.54) is 12.1 Å². The lowest BCUT2D eigenvalue weighted by Gasteiger charge is -2.27. The van der Waals surface area contributed by atoms with Gasteiger partial charge >= 0.3 is 5.97 Å². The van der Waals surface area contributed by atoms with E-state index < -0.39 is 22.5 Å². The van der Waals surface area contributed by atoms with E-state index in [2.05, 4.69) is 4.99 Å². The minimum atomic E-state index is -1.00. The average molecular weight is 426 g/mol. The van der Waals surface area contributed by atoms with Crippen LogP contribution in [-0.4, -0.2) is 28.4 Å². The summed E-state index contributed by atoms with van der Waals surface area (Å²) in [5.74, 6) is 0.345. The third kappa shape index (κ3) is 5.37. The number of aliphatic imine (C=N–C) groups is 1. The molecule has 0 saturated carbocycles. The summed E-state index contributed by atoms with van der Waals surface area (Å²) in [5.41, 5.74) is 13.0. The van der Waals surface area contributed by atoms with Crippen LogP contribution in [-0.2, 0) is 16.0 Å². The Hall–Kier alpha value is -3.46. The predicted molar refractivity (Wildman–Crippen MR) is 116 cm³/mol. The number of hydrogen-bond donors (Lipinski definition) is 2. The lowest BCUT2D eigenvalue weighted by Crippen LogP contribution is -2.34. The molecule has 0 saturated heterocycles. The highest BCUT2D eigenvalue weighted by atomic mass is 16.6. The van der Waals surface area contributed by atoms with Crippen molar-refractivity contribution >= 4 is 23.2 Å². The van der Waals surface area contributed by atoms with Crippen LogP contribution in [0.1, 0.15) is 44.4 Å². The van der Waals surface area contributed by atoms with Crippen molar-refractivity contribution in [3.63, 3.8) is 0 Å². The standard InChI is InChI=1S/C22H26N4O5/c1-13-20(24)25-17-12-15(7-8-18(17)30-13)19(23)21(27)31-22(2,3)10-9-14-5-4-6-16(11-14)26(28)29/h4-8,11-13,19H,9-10,23H2,1-3H3,(H2,24,25). The molecule has 31 heavy (non-hydrogen) atoms. The molecule has 0 fully saturated rings. The molecule has 2 aromatic carbocycles. The molecule has 0 radical (unpaired) electrons. The fourth-order valence-corrected chi connectivity index (χ4v) is 3.19. The predicted octanol–water partition coefficient (Wildman–Crippen LogP) is 3.32. The number of amidine groups is 1. The first-order chi connectivity index (χ1) is 14.6. The Morgan fingerprint density at radius 3 is 2.77 bits per heavy atom. The van der Waals surface area contributed by atoms with E-state index in [9.17, 15) is 14.9 Å². The van der Waals surface area contributed by atoms with Crippen LogP contribution in [0.3, 0.4) is 0 Å². The molecular weight excluding hydrogens is 400 g/mol. The Morgan fingerprint density at radius 1 is 1.32 bits per heavy atom. The number of carbonyl (C=O) groups excluding carboxylic acids is 1. The number of nitrogens with zero attached hydrogens (tertiary/aromatic N) is 2. The Bertz CT molecular complexity index is 1030. The lowest BCUT2D eigenvalue weighted by atomic mass is 9.98. The third-order valence-electron chi connectivity index (χ3n) is 5.08. The van der Waals surface area contributed by atoms with Crippen LogP contribution in [0.2, 0.25) is 0 Å². The smallest absolute Gasteiger partial charge is 0.328 e. The molecule has 2 unspecified atom stereocenters. The zero-order valence-corrected chi connectivity index (χ0v) is 17.7. The van der Waals surface area contributed by atoms with Gasteiger partial charge in [-0.2, -0.15) is 0 Å². The van der Waals surface area contributed by atoms with Crippen molar-refractivity contribution in [2.75, 3.05) is 0 Å². The number of ether oxygens (including phenoxy) is 2. The van der Waals surface area contributed by atoms with Gasteiger partial charge < -0.3 is 20.9 Å². The molecule has 4 N–H and O–H groups in total. The largest absolute Gasteiger partial charge is 0.481 e. The highest BCUT2D eigenvalue weighted by molar-refractivity contribution is 5.90. The van der Waals surface area contributed by atoms with Gasteiger partial charge in [-0.1, -0.05) is 18.2 Å². The van der Waals surface area contributed by atoms with E-state index >= 15 is 0 Å². The first-order valence-corrected chi connectivity index (χ1v) is 9.92. The van der Waals surface area contributed by atoms with Crippen LogP contribution in [0.25, 0.3) is 0 Å². The molecular formula is C22H26N4O5. The molecule has 1 aliphatic rings. The molecule has 1 heterocycles. The first-order valence-electron chi connectivity index (χ1n) is 9.92. The van der Waals surface area contributed by atoms with Crippen molar-refractivity contribution in [1.29, 1.82) is 0 Å². The van der Waals surface area contributed by atoms with E-state index in [0.717, 1.165) is 5.56 Å². The van der Waals surface area contributed by atoms with Gasteiger partial charge in [0, 0.05) is 12.1 Å². The normalized spacial score (nSPS) is 16.5. The van der Waals surface area contributed by atoms with Crippen molar-refractivity contribution in [2.24, 2.45) is 16.5 Å². The second-order valence-electron chi connectivity index (χ2n) is 8.11. The van der Waals surface area contributed by atoms with Gasteiger partial charge in [-0.25, -0.2) is 9.79 Å². The number of nitro benzene ring substituents is 1. The van der Waals surface area contributed by atoms with Crippen molar-refractivity contribution in [3.8, 4) is 5.75 Å². The summed E-state index contributed by atoms with van der Waals surface area (Å²) < 4.78 is 11.3. The molecule has 164 valence electrons. The van der Waals surface area contributed by atoms with E-state index in [1.54, 1.807) is 51.1 Å². The number of nitrogens with two attached hydrogens (primary N) is 2. The van der Waals surface area contributed by atoms with Crippen LogP contribution in [0.15, 0.2) is 47.5 Å². The molecule has 3 rings (SSSR count). The maximum Gasteiger partial charge on any atom is 0.328 e. The third-order valence-corrected chi connectivity index (χ3v) is 5.08. The Kier molecular flexibility index (Phi) is 6.26. The van der Waals surface area contributed by atoms with Crippen LogP contribution >= 0.6 is 0 Å². The molecule has 1 aliphatic heterocycles. The van der Waals surface area contributed by atoms with Gasteiger partial charge in [-0.15, -0.1) is 0 Å². The summed E-state index contributed by atoms with van der Waals surface area (Å²) in [6.45, 7) is 5.36. The minimum Gasteiger partial charge on any atom is -0.481 e. The van der Waals surface area contributed by atoms with Gasteiger partial charge in [0.15, 0.2) is 6.10 Å². The highest BCUT2D eigenvalue weighted by Crippen LogP contribution is 2.34. The van der Waals surface area contributed by atoms with Gasteiger partial charge in [-0.05, 0) is 56.9 Å². The van der Waals surface area contributed by atoms with Crippen LogP contribution in [0.5, 0.6) is 5.75 Å². The zero-order chi connectivity index (χ0) is 22.8. The van der Waals surface area contributed by atoms with Gasteiger partial charge in [0.1, 0.15) is 28.9 Å². The molecule has 9 heteroatoms. The second-order valence-corrected chi connectivity index (χ2v) is 8.11. The molecule has 0 spiro atoms. The molecule has 2 aromatic rings. The molecule has 9 nitrogen and oxygen atoms in total. The number of hydrogen-bond acceptors (Lipinski definition) is 8. The van der Waals surface area contributed by atoms with Crippen LogP contribution in [0.4, 0.5) is 11.4 Å². The highest BCUT2D eigenvalue weighted by Gasteiger charge is 2.28. The Labute approximate surface area is 180 Å². The fraction of sp³-hybridized carbons (Fsp3) is 0.364. The van der Waals surface area contributed by atoms with E-state index in [0.29, 0.717) is 35.7 Å². The summed E-state index contributed by atoms with van der Waals surface area (Å²) in [5, 5.41) is 10.9. The molecule has 2 atom stereocenters. The van der Waals surface area contributed by atoms with Crippen molar-refractivity contribution in [2.45, 2.75) is 51.4 Å². The van der Waals surface area contributed by atoms with Crippen molar-refractivity contribution in [3.05, 3.63) is 63.7 Å². The molecule has 0 aromatic heterocycles. The lowest BCUT2D eigenvalue weighted by molar-refractivity contribution is -0.384. The minimum absolute atomic E-state index is 0.0309. The number of benzene rings is 2. The van der Waals surface area contributed by atoms with Gasteiger partial charge in [0.2, 0.25) is 0 Å². The number of nitro groups is 1. The fourth-order valence-electron chi connectivity index (χ4n) is 3.19. The maximum atomic E-state index is 12.7. The summed E-state index contributed by atoms with van der Waals surface area (Å²) in [7, 11) is 0. The number of carbonyl (C=O) groups is 1. The SMILES string of the molecule is CC1Oc2ccc(C(N)C(=O)OC(C)(C)CCc3cccc([N+](=O)[O-])c3)cc2N=C1N. The molecule has 0 aliphatic carbocycles. The van der Waals surface area contributed by atoms with E-state index in [-0.39, 0.29) is 11.8 Å². The number of non-ortho nitro benzene ring substituents is 1. The number of rotatable bonds is 7. The first kappa shape index (κ1) is 22.2. The van der Waals surface area contributed by atoms with Crippen LogP contribution in [0, 0.1) is 10.1 Å². The molecule has 0 bridgehead atoms. The molecule has 0 amide bonds. The average Bonchev–Trinajstić information content (AvgIpc) is 2.72. The summed E-state index contributed by atoms with van der Waals surface area (Å²) >= 11 is 0. The van der Waals surface area contributed by atoms with Gasteiger partial charge in [0.25, 0.3) is 5.69 Å². The number of fused-ring (bicyclic) bond motifs is 1. The van der Waals surface area contributed by atoms with E-state index in [4.69, 9.17) is 20.9 Å². The number of aryl methyl sites for hydroxylation is 1. The number of esters is 1. The van der Waals surface area contributed by atoms with Crippen molar-refractivity contribution < 1.29 is 19.2 Å². The van der Waals surface area contributed by atoms with Crippen molar-refractivity contribution in [1.82, 2.24) is 0 Å². The maximum absolute atomic E-state index is 12.7. The topological polar surface area (TPSA) is 143 Å². The summed E-state index contributed by atoms with van der Waals surface area (Å²) in [4.78, 5) is 27.5. The van der Waals surface area contributed by atoms with Gasteiger partial charge in [-0.3, -0.25) is 10.1 Å². The van der Waals surface area contributed by atoms with E-state index in [1.807, 2.05) is 0 Å². The Balaban J connectivity index is 1.64.